The molecule has 1 aromatic carbocycles. The van der Waals surface area contributed by atoms with Gasteiger partial charge in [-0.15, -0.1) is 11.3 Å². The highest BCUT2D eigenvalue weighted by atomic mass is 32.1. The molecule has 0 bridgehead atoms. The number of benzene rings is 1. The molecule has 1 fully saturated rings. The van der Waals surface area contributed by atoms with Crippen molar-refractivity contribution in [2.45, 2.75) is 58.1 Å². The van der Waals surface area contributed by atoms with Crippen LogP contribution in [0.15, 0.2) is 35.7 Å². The summed E-state index contributed by atoms with van der Waals surface area (Å²) in [7, 11) is 0. The number of nitrogens with one attached hydrogen (secondary N) is 1. The van der Waals surface area contributed by atoms with Gasteiger partial charge >= 0.3 is 0 Å². The van der Waals surface area contributed by atoms with Gasteiger partial charge < -0.3 is 14.8 Å². The predicted molar refractivity (Wildman–Crippen MR) is 105 cm³/mol. The molecule has 1 aliphatic carbocycles. The molecule has 1 aliphatic rings. The molecule has 1 amide bonds. The van der Waals surface area contributed by atoms with Gasteiger partial charge in [0.05, 0.1) is 11.5 Å². The predicted octanol–water partition coefficient (Wildman–Crippen LogP) is 5.18. The van der Waals surface area contributed by atoms with Gasteiger partial charge in [0.1, 0.15) is 6.61 Å². The maximum Gasteiger partial charge on any atom is 0.261 e. The normalized spacial score (nSPS) is 15.3. The van der Waals surface area contributed by atoms with Crippen LogP contribution in [0.3, 0.4) is 0 Å². The molecular formula is C21H27NO3S. The zero-order valence-electron chi connectivity index (χ0n) is 15.3. The zero-order valence-corrected chi connectivity index (χ0v) is 16.1. The number of ether oxygens (including phenoxy) is 2. The van der Waals surface area contributed by atoms with E-state index in [2.05, 4.69) is 5.32 Å². The molecule has 0 atom stereocenters. The monoisotopic (exact) mass is 373 g/mol. The van der Waals surface area contributed by atoms with Crippen LogP contribution in [0.2, 0.25) is 0 Å². The Balaban J connectivity index is 1.55. The maximum atomic E-state index is 12.5. The Labute approximate surface area is 159 Å². The van der Waals surface area contributed by atoms with E-state index in [9.17, 15) is 4.79 Å². The second-order valence-electron chi connectivity index (χ2n) is 6.65. The fraction of sp³-hybridized carbons (Fsp3) is 0.476. The van der Waals surface area contributed by atoms with Crippen molar-refractivity contribution in [2.75, 3.05) is 6.61 Å². The van der Waals surface area contributed by atoms with E-state index >= 15 is 0 Å². The molecule has 5 heteroatoms. The molecule has 0 spiro atoms. The first-order valence-electron chi connectivity index (χ1n) is 9.49. The number of carbonyl (C=O) groups is 1. The Morgan fingerprint density at radius 2 is 1.81 bits per heavy atom. The second-order valence-corrected chi connectivity index (χ2v) is 7.56. The van der Waals surface area contributed by atoms with Crippen molar-refractivity contribution < 1.29 is 14.3 Å². The summed E-state index contributed by atoms with van der Waals surface area (Å²) in [6.07, 6.45) is 7.20. The lowest BCUT2D eigenvalue weighted by Crippen LogP contribution is -2.33. The van der Waals surface area contributed by atoms with E-state index in [4.69, 9.17) is 9.47 Å². The van der Waals surface area contributed by atoms with Crippen molar-refractivity contribution in [1.82, 2.24) is 5.32 Å². The molecule has 26 heavy (non-hydrogen) atoms. The van der Waals surface area contributed by atoms with Crippen LogP contribution in [0.4, 0.5) is 0 Å². The van der Waals surface area contributed by atoms with E-state index in [1.165, 1.54) is 37.0 Å². The number of rotatable bonds is 7. The van der Waals surface area contributed by atoms with Crippen LogP contribution >= 0.6 is 11.3 Å². The third-order valence-corrected chi connectivity index (χ3v) is 5.59. The van der Waals surface area contributed by atoms with Gasteiger partial charge in [-0.3, -0.25) is 4.79 Å². The second kappa shape index (κ2) is 9.62. The molecule has 1 saturated carbocycles. The van der Waals surface area contributed by atoms with Crippen LogP contribution < -0.4 is 14.8 Å². The first kappa shape index (κ1) is 18.8. The first-order valence-corrected chi connectivity index (χ1v) is 10.4. The fourth-order valence-electron chi connectivity index (χ4n) is 3.26. The SMILES string of the molecule is CCOc1ccccc1OCc1csc(C(=O)NC2CCCCCC2)c1. The number of carbonyl (C=O) groups excluding carboxylic acids is 1. The highest BCUT2D eigenvalue weighted by Crippen LogP contribution is 2.28. The van der Waals surface area contributed by atoms with Gasteiger partial charge in [-0.2, -0.15) is 0 Å². The quantitative estimate of drug-likeness (QED) is 0.680. The van der Waals surface area contributed by atoms with E-state index in [-0.39, 0.29) is 5.91 Å². The Bertz CT molecular complexity index is 705. The van der Waals surface area contributed by atoms with Gasteiger partial charge in [-0.05, 0) is 43.3 Å². The lowest BCUT2D eigenvalue weighted by Gasteiger charge is -2.15. The lowest BCUT2D eigenvalue weighted by atomic mass is 10.1. The average molecular weight is 374 g/mol. The smallest absolute Gasteiger partial charge is 0.261 e. The summed E-state index contributed by atoms with van der Waals surface area (Å²) in [4.78, 5) is 13.2. The minimum atomic E-state index is 0.0443. The third-order valence-electron chi connectivity index (χ3n) is 4.61. The molecule has 1 aromatic heterocycles. The molecular weight excluding hydrogens is 346 g/mol. The van der Waals surface area contributed by atoms with Crippen LogP contribution in [-0.4, -0.2) is 18.6 Å². The summed E-state index contributed by atoms with van der Waals surface area (Å²) < 4.78 is 11.5. The molecule has 1 heterocycles. The number of hydrogen-bond donors (Lipinski definition) is 1. The average Bonchev–Trinajstić information content (AvgIpc) is 2.99. The van der Waals surface area contributed by atoms with Crippen LogP contribution in [0, 0.1) is 0 Å². The highest BCUT2D eigenvalue weighted by molar-refractivity contribution is 7.12. The van der Waals surface area contributed by atoms with Gasteiger partial charge in [0, 0.05) is 11.6 Å². The number of thiophene rings is 1. The van der Waals surface area contributed by atoms with Crippen molar-refractivity contribution in [3.05, 3.63) is 46.2 Å². The van der Waals surface area contributed by atoms with Crippen molar-refractivity contribution in [2.24, 2.45) is 0 Å². The molecule has 140 valence electrons. The van der Waals surface area contributed by atoms with Crippen LogP contribution in [-0.2, 0) is 6.61 Å². The lowest BCUT2D eigenvalue weighted by molar-refractivity contribution is 0.0937. The third kappa shape index (κ3) is 5.24. The van der Waals surface area contributed by atoms with Gasteiger partial charge in [-0.1, -0.05) is 37.8 Å². The fourth-order valence-corrected chi connectivity index (χ4v) is 4.06. The van der Waals surface area contributed by atoms with E-state index < -0.39 is 0 Å². The largest absolute Gasteiger partial charge is 0.490 e. The van der Waals surface area contributed by atoms with Crippen LogP contribution in [0.5, 0.6) is 11.5 Å². The molecule has 3 rings (SSSR count). The zero-order chi connectivity index (χ0) is 18.2. The maximum absolute atomic E-state index is 12.5. The number of para-hydroxylation sites is 2. The van der Waals surface area contributed by atoms with E-state index in [0.717, 1.165) is 34.8 Å². The Kier molecular flexibility index (Phi) is 6.95. The summed E-state index contributed by atoms with van der Waals surface area (Å²) in [6.45, 7) is 2.98. The van der Waals surface area contributed by atoms with Crippen LogP contribution in [0.1, 0.15) is 60.7 Å². The molecule has 0 unspecified atom stereocenters. The van der Waals surface area contributed by atoms with Crippen molar-refractivity contribution in [3.8, 4) is 11.5 Å². The molecule has 2 aromatic rings. The minimum Gasteiger partial charge on any atom is -0.490 e. The molecule has 1 N–H and O–H groups in total. The van der Waals surface area contributed by atoms with Crippen molar-refractivity contribution >= 4 is 17.2 Å². The Morgan fingerprint density at radius 3 is 2.50 bits per heavy atom. The van der Waals surface area contributed by atoms with Gasteiger partial charge in [0.15, 0.2) is 11.5 Å². The summed E-state index contributed by atoms with van der Waals surface area (Å²) in [5.41, 5.74) is 1.01. The molecule has 4 nitrogen and oxygen atoms in total. The summed E-state index contributed by atoms with van der Waals surface area (Å²) in [6, 6.07) is 9.91. The molecule has 0 radical (unpaired) electrons. The number of amides is 1. The minimum absolute atomic E-state index is 0.0443. The van der Waals surface area contributed by atoms with Crippen LogP contribution in [0.25, 0.3) is 0 Å². The summed E-state index contributed by atoms with van der Waals surface area (Å²) in [5, 5.41) is 5.19. The first-order chi connectivity index (χ1) is 12.8. The summed E-state index contributed by atoms with van der Waals surface area (Å²) >= 11 is 1.48. The van der Waals surface area contributed by atoms with E-state index in [0.29, 0.717) is 19.3 Å². The van der Waals surface area contributed by atoms with Crippen molar-refractivity contribution in [1.29, 1.82) is 0 Å². The summed E-state index contributed by atoms with van der Waals surface area (Å²) in [5.74, 6) is 1.52. The van der Waals surface area contributed by atoms with Gasteiger partial charge in [0.25, 0.3) is 5.91 Å². The highest BCUT2D eigenvalue weighted by Gasteiger charge is 2.17. The topological polar surface area (TPSA) is 47.6 Å². The van der Waals surface area contributed by atoms with E-state index in [1.54, 1.807) is 0 Å². The molecule has 0 aliphatic heterocycles. The standard InChI is InChI=1S/C21H27NO3S/c1-2-24-18-11-7-8-12-19(18)25-14-16-13-20(26-15-16)21(23)22-17-9-5-3-4-6-10-17/h7-8,11-13,15,17H,2-6,9-10,14H2,1H3,(H,22,23). The molecule has 0 saturated heterocycles. The van der Waals surface area contributed by atoms with Crippen molar-refractivity contribution in [3.63, 3.8) is 0 Å². The Hall–Kier alpha value is -2.01. The van der Waals surface area contributed by atoms with E-state index in [1.807, 2.05) is 42.6 Å². The number of hydrogen-bond acceptors (Lipinski definition) is 4. The van der Waals surface area contributed by atoms with Gasteiger partial charge in [-0.25, -0.2) is 0 Å². The van der Waals surface area contributed by atoms with Gasteiger partial charge in [0.2, 0.25) is 0 Å². The Morgan fingerprint density at radius 1 is 1.12 bits per heavy atom.